The minimum Gasteiger partial charge on any atom is -0.351 e. The van der Waals surface area contributed by atoms with Gasteiger partial charge in [0.1, 0.15) is 0 Å². The summed E-state index contributed by atoms with van der Waals surface area (Å²) in [4.78, 5) is 7.06. The SMILES string of the molecule is c1nc(CNC2CC[N]C2)c[nH]1. The molecule has 4 nitrogen and oxygen atoms in total. The summed E-state index contributed by atoms with van der Waals surface area (Å²) < 4.78 is 0. The molecule has 1 aromatic rings. The molecule has 2 heterocycles. The Morgan fingerprint density at radius 2 is 2.67 bits per heavy atom. The van der Waals surface area contributed by atoms with E-state index in [1.165, 1.54) is 6.42 Å². The zero-order chi connectivity index (χ0) is 8.23. The fourth-order valence-electron chi connectivity index (χ4n) is 1.39. The lowest BCUT2D eigenvalue weighted by Crippen LogP contribution is -2.29. The summed E-state index contributed by atoms with van der Waals surface area (Å²) >= 11 is 0. The van der Waals surface area contributed by atoms with Crippen LogP contribution in [0.3, 0.4) is 0 Å². The first-order valence-electron chi connectivity index (χ1n) is 4.29. The fraction of sp³-hybridized carbons (Fsp3) is 0.625. The van der Waals surface area contributed by atoms with E-state index in [1.54, 1.807) is 6.33 Å². The normalized spacial score (nSPS) is 23.2. The van der Waals surface area contributed by atoms with E-state index in [2.05, 4.69) is 20.6 Å². The molecule has 1 saturated heterocycles. The van der Waals surface area contributed by atoms with Crippen molar-refractivity contribution in [2.45, 2.75) is 19.0 Å². The molecular formula is C8H13N4. The first kappa shape index (κ1) is 7.76. The van der Waals surface area contributed by atoms with Crippen LogP contribution in [0.15, 0.2) is 12.5 Å². The second-order valence-electron chi connectivity index (χ2n) is 3.06. The number of hydrogen-bond donors (Lipinski definition) is 2. The summed E-state index contributed by atoms with van der Waals surface area (Å²) in [5, 5.41) is 7.68. The third-order valence-corrected chi connectivity index (χ3v) is 2.11. The number of nitrogens with one attached hydrogen (secondary N) is 2. The average Bonchev–Trinajstić information content (AvgIpc) is 2.74. The van der Waals surface area contributed by atoms with Gasteiger partial charge in [-0.05, 0) is 6.42 Å². The molecule has 2 rings (SSSR count). The largest absolute Gasteiger partial charge is 0.351 e. The van der Waals surface area contributed by atoms with Crippen LogP contribution in [0.1, 0.15) is 12.1 Å². The van der Waals surface area contributed by atoms with Gasteiger partial charge in [-0.15, -0.1) is 0 Å². The maximum Gasteiger partial charge on any atom is 0.0923 e. The number of nitrogens with zero attached hydrogens (tertiary/aromatic N) is 2. The fourth-order valence-corrected chi connectivity index (χ4v) is 1.39. The Bertz CT molecular complexity index is 213. The molecule has 2 N–H and O–H groups in total. The van der Waals surface area contributed by atoms with Gasteiger partial charge in [-0.3, -0.25) is 0 Å². The minimum absolute atomic E-state index is 0.571. The average molecular weight is 165 g/mol. The van der Waals surface area contributed by atoms with E-state index in [1.807, 2.05) is 6.20 Å². The molecule has 0 bridgehead atoms. The lowest BCUT2D eigenvalue weighted by molar-refractivity contribution is 0.542. The predicted octanol–water partition coefficient (Wildman–Crippen LogP) is -0.124. The van der Waals surface area contributed by atoms with Crippen LogP contribution < -0.4 is 10.6 Å². The van der Waals surface area contributed by atoms with Gasteiger partial charge in [0.2, 0.25) is 0 Å². The van der Waals surface area contributed by atoms with Crippen LogP contribution in [-0.2, 0) is 6.54 Å². The van der Waals surface area contributed by atoms with Gasteiger partial charge in [-0.2, -0.15) is 0 Å². The van der Waals surface area contributed by atoms with Crippen molar-refractivity contribution in [3.05, 3.63) is 18.2 Å². The Labute approximate surface area is 71.8 Å². The van der Waals surface area contributed by atoms with Gasteiger partial charge in [-0.1, -0.05) is 0 Å². The van der Waals surface area contributed by atoms with Crippen LogP contribution in [0.2, 0.25) is 0 Å². The van der Waals surface area contributed by atoms with Crippen LogP contribution in [-0.4, -0.2) is 29.1 Å². The molecule has 1 fully saturated rings. The monoisotopic (exact) mass is 165 g/mol. The highest BCUT2D eigenvalue weighted by Gasteiger charge is 2.14. The number of hydrogen-bond acceptors (Lipinski definition) is 2. The maximum absolute atomic E-state index is 4.27. The van der Waals surface area contributed by atoms with Crippen molar-refractivity contribution in [1.29, 1.82) is 0 Å². The highest BCUT2D eigenvalue weighted by atomic mass is 15.0. The standard InChI is InChI=1S/C8H13N4/c1-2-9-3-7(1)11-5-8-4-10-6-12-8/h4,6-7,11H,1-3,5H2,(H,10,12). The summed E-state index contributed by atoms with van der Waals surface area (Å²) in [6, 6.07) is 0.571. The summed E-state index contributed by atoms with van der Waals surface area (Å²) in [6.07, 6.45) is 4.79. The molecule has 1 atom stereocenters. The lowest BCUT2D eigenvalue weighted by atomic mass is 10.2. The highest BCUT2D eigenvalue weighted by Crippen LogP contribution is 2.00. The topological polar surface area (TPSA) is 54.8 Å². The lowest BCUT2D eigenvalue weighted by Gasteiger charge is -2.08. The predicted molar refractivity (Wildman–Crippen MR) is 45.7 cm³/mol. The molecule has 4 heteroatoms. The van der Waals surface area contributed by atoms with E-state index in [4.69, 9.17) is 0 Å². The van der Waals surface area contributed by atoms with Gasteiger partial charge >= 0.3 is 0 Å². The molecular weight excluding hydrogens is 152 g/mol. The first-order valence-corrected chi connectivity index (χ1v) is 4.29. The van der Waals surface area contributed by atoms with Crippen molar-refractivity contribution in [2.75, 3.05) is 13.1 Å². The van der Waals surface area contributed by atoms with Gasteiger partial charge in [0.25, 0.3) is 0 Å². The zero-order valence-corrected chi connectivity index (χ0v) is 6.95. The van der Waals surface area contributed by atoms with Crippen LogP contribution in [0, 0.1) is 0 Å². The van der Waals surface area contributed by atoms with Gasteiger partial charge in [0.15, 0.2) is 0 Å². The number of H-pyrrole nitrogens is 1. The Kier molecular flexibility index (Phi) is 2.39. The number of aromatic nitrogens is 2. The quantitative estimate of drug-likeness (QED) is 0.656. The second-order valence-corrected chi connectivity index (χ2v) is 3.06. The molecule has 1 aromatic heterocycles. The Balaban J connectivity index is 1.74. The molecule has 1 aliphatic rings. The molecule has 12 heavy (non-hydrogen) atoms. The van der Waals surface area contributed by atoms with Crippen molar-refractivity contribution in [3.63, 3.8) is 0 Å². The molecule has 0 saturated carbocycles. The molecule has 1 aliphatic heterocycles. The number of aromatic amines is 1. The van der Waals surface area contributed by atoms with Gasteiger partial charge < -0.3 is 10.3 Å². The van der Waals surface area contributed by atoms with Crippen molar-refractivity contribution in [1.82, 2.24) is 20.6 Å². The van der Waals surface area contributed by atoms with E-state index in [-0.39, 0.29) is 0 Å². The third-order valence-electron chi connectivity index (χ3n) is 2.11. The van der Waals surface area contributed by atoms with E-state index < -0.39 is 0 Å². The smallest absolute Gasteiger partial charge is 0.0923 e. The molecule has 65 valence electrons. The minimum atomic E-state index is 0.571. The first-order chi connectivity index (χ1) is 5.95. The van der Waals surface area contributed by atoms with Crippen LogP contribution in [0.4, 0.5) is 0 Å². The molecule has 0 amide bonds. The van der Waals surface area contributed by atoms with Gasteiger partial charge in [0, 0.05) is 31.9 Å². The van der Waals surface area contributed by atoms with Crippen molar-refractivity contribution >= 4 is 0 Å². The molecule has 1 radical (unpaired) electrons. The van der Waals surface area contributed by atoms with Gasteiger partial charge in [-0.25, -0.2) is 10.3 Å². The Morgan fingerprint density at radius 1 is 1.67 bits per heavy atom. The number of imidazole rings is 1. The Morgan fingerprint density at radius 3 is 3.33 bits per heavy atom. The highest BCUT2D eigenvalue weighted by molar-refractivity contribution is 4.94. The Hall–Kier alpha value is -0.870. The summed E-state index contributed by atoms with van der Waals surface area (Å²) in [6.45, 7) is 2.83. The number of rotatable bonds is 3. The van der Waals surface area contributed by atoms with E-state index >= 15 is 0 Å². The summed E-state index contributed by atoms with van der Waals surface area (Å²) in [7, 11) is 0. The summed E-state index contributed by atoms with van der Waals surface area (Å²) in [5.74, 6) is 0. The molecule has 0 spiro atoms. The van der Waals surface area contributed by atoms with Crippen LogP contribution in [0.25, 0.3) is 0 Å². The summed E-state index contributed by atoms with van der Waals surface area (Å²) in [5.41, 5.74) is 1.07. The zero-order valence-electron chi connectivity index (χ0n) is 6.95. The molecule has 1 unspecified atom stereocenters. The van der Waals surface area contributed by atoms with Crippen LogP contribution >= 0.6 is 0 Å². The van der Waals surface area contributed by atoms with Crippen molar-refractivity contribution in [3.8, 4) is 0 Å². The maximum atomic E-state index is 4.27. The molecule has 0 aromatic carbocycles. The van der Waals surface area contributed by atoms with E-state index in [9.17, 15) is 0 Å². The second kappa shape index (κ2) is 3.69. The van der Waals surface area contributed by atoms with Gasteiger partial charge in [0.05, 0.1) is 12.0 Å². The van der Waals surface area contributed by atoms with Crippen molar-refractivity contribution < 1.29 is 0 Å². The van der Waals surface area contributed by atoms with Crippen LogP contribution in [0.5, 0.6) is 0 Å². The van der Waals surface area contributed by atoms with Crippen molar-refractivity contribution in [2.24, 2.45) is 0 Å². The van der Waals surface area contributed by atoms with E-state index in [0.29, 0.717) is 6.04 Å². The molecule has 0 aliphatic carbocycles. The third kappa shape index (κ3) is 1.84. The van der Waals surface area contributed by atoms with E-state index in [0.717, 1.165) is 25.3 Å².